The van der Waals surface area contributed by atoms with Crippen LogP contribution in [-0.4, -0.2) is 11.5 Å². The fourth-order valence-electron chi connectivity index (χ4n) is 1.02. The number of non-ortho nitro benzene ring substituents is 1. The highest BCUT2D eigenvalue weighted by molar-refractivity contribution is 9.10. The number of nitro groups is 1. The van der Waals surface area contributed by atoms with Crippen LogP contribution in [0.25, 0.3) is 0 Å². The van der Waals surface area contributed by atoms with Crippen molar-refractivity contribution in [2.75, 3.05) is 6.61 Å². The summed E-state index contributed by atoms with van der Waals surface area (Å²) in [5.41, 5.74) is 3.72. The standard InChI is InChI=1S/C9H11BrN2O3/c1-2-15-11-6-7-3-4-8(12(13)14)5-9(7)10/h3-5,11H,2,6H2,1H3. The van der Waals surface area contributed by atoms with E-state index in [0.717, 1.165) is 5.56 Å². The fourth-order valence-corrected chi connectivity index (χ4v) is 1.53. The maximum Gasteiger partial charge on any atom is 0.270 e. The first-order chi connectivity index (χ1) is 7.15. The summed E-state index contributed by atoms with van der Waals surface area (Å²) in [6.45, 7) is 2.95. The van der Waals surface area contributed by atoms with Crippen LogP contribution in [0.1, 0.15) is 12.5 Å². The van der Waals surface area contributed by atoms with E-state index in [4.69, 9.17) is 4.84 Å². The Morgan fingerprint density at radius 2 is 2.33 bits per heavy atom. The molecule has 5 nitrogen and oxygen atoms in total. The molecule has 1 N–H and O–H groups in total. The molecule has 0 aliphatic heterocycles. The van der Waals surface area contributed by atoms with Gasteiger partial charge < -0.3 is 4.84 Å². The monoisotopic (exact) mass is 274 g/mol. The van der Waals surface area contributed by atoms with E-state index < -0.39 is 4.92 Å². The summed E-state index contributed by atoms with van der Waals surface area (Å²) in [6, 6.07) is 4.63. The van der Waals surface area contributed by atoms with Crippen molar-refractivity contribution in [1.29, 1.82) is 0 Å². The van der Waals surface area contributed by atoms with Gasteiger partial charge in [-0.25, -0.2) is 0 Å². The Morgan fingerprint density at radius 1 is 1.60 bits per heavy atom. The third-order valence-corrected chi connectivity index (χ3v) is 2.49. The molecule has 0 bridgehead atoms. The van der Waals surface area contributed by atoms with Crippen molar-refractivity contribution in [2.45, 2.75) is 13.5 Å². The van der Waals surface area contributed by atoms with Crippen LogP contribution in [0, 0.1) is 10.1 Å². The highest BCUT2D eigenvalue weighted by atomic mass is 79.9. The van der Waals surface area contributed by atoms with Crippen molar-refractivity contribution >= 4 is 21.6 Å². The van der Waals surface area contributed by atoms with E-state index in [1.165, 1.54) is 12.1 Å². The van der Waals surface area contributed by atoms with Crippen LogP contribution >= 0.6 is 15.9 Å². The fraction of sp³-hybridized carbons (Fsp3) is 0.333. The molecule has 0 fully saturated rings. The van der Waals surface area contributed by atoms with Gasteiger partial charge in [-0.15, -0.1) is 0 Å². The zero-order valence-corrected chi connectivity index (χ0v) is 9.78. The first-order valence-electron chi connectivity index (χ1n) is 4.42. The Kier molecular flexibility index (Phi) is 4.67. The average molecular weight is 275 g/mol. The minimum Gasteiger partial charge on any atom is -0.302 e. The number of nitrogens with one attached hydrogen (secondary N) is 1. The van der Waals surface area contributed by atoms with E-state index in [-0.39, 0.29) is 5.69 Å². The van der Waals surface area contributed by atoms with Crippen LogP contribution in [0.2, 0.25) is 0 Å². The van der Waals surface area contributed by atoms with E-state index in [1.807, 2.05) is 6.92 Å². The Morgan fingerprint density at radius 3 is 2.87 bits per heavy atom. The number of hydrogen-bond donors (Lipinski definition) is 1. The summed E-state index contributed by atoms with van der Waals surface area (Å²) >= 11 is 3.27. The van der Waals surface area contributed by atoms with E-state index in [1.54, 1.807) is 6.07 Å². The first-order valence-corrected chi connectivity index (χ1v) is 5.22. The zero-order valence-electron chi connectivity index (χ0n) is 8.20. The number of hydrogen-bond acceptors (Lipinski definition) is 4. The van der Waals surface area contributed by atoms with Crippen molar-refractivity contribution in [2.24, 2.45) is 0 Å². The van der Waals surface area contributed by atoms with E-state index in [0.29, 0.717) is 17.6 Å². The van der Waals surface area contributed by atoms with E-state index >= 15 is 0 Å². The van der Waals surface area contributed by atoms with Gasteiger partial charge in [-0.3, -0.25) is 10.1 Å². The minimum absolute atomic E-state index is 0.0713. The number of benzene rings is 1. The molecule has 6 heteroatoms. The van der Waals surface area contributed by atoms with Crippen LogP contribution in [0.4, 0.5) is 5.69 Å². The number of nitro benzene ring substituents is 1. The zero-order chi connectivity index (χ0) is 11.3. The van der Waals surface area contributed by atoms with Crippen LogP contribution in [0.15, 0.2) is 22.7 Å². The second-order valence-corrected chi connectivity index (χ2v) is 3.64. The molecule has 0 saturated carbocycles. The first kappa shape index (κ1) is 12.1. The largest absolute Gasteiger partial charge is 0.302 e. The molecule has 0 unspecified atom stereocenters. The predicted molar refractivity (Wildman–Crippen MR) is 59.3 cm³/mol. The molecule has 0 aliphatic carbocycles. The lowest BCUT2D eigenvalue weighted by atomic mass is 10.2. The van der Waals surface area contributed by atoms with Gasteiger partial charge in [-0.05, 0) is 18.6 Å². The normalized spacial score (nSPS) is 10.3. The predicted octanol–water partition coefficient (Wildman–Crippen LogP) is 2.40. The Hall–Kier alpha value is -0.980. The second-order valence-electron chi connectivity index (χ2n) is 2.79. The van der Waals surface area contributed by atoms with Crippen molar-refractivity contribution in [3.8, 4) is 0 Å². The van der Waals surface area contributed by atoms with Crippen LogP contribution < -0.4 is 5.48 Å². The Labute approximate surface area is 95.7 Å². The molecule has 0 heterocycles. The molecule has 15 heavy (non-hydrogen) atoms. The Balaban J connectivity index is 2.70. The third kappa shape index (κ3) is 3.58. The summed E-state index contributed by atoms with van der Waals surface area (Å²) in [5.74, 6) is 0. The quantitative estimate of drug-likeness (QED) is 0.509. The molecule has 82 valence electrons. The van der Waals surface area contributed by atoms with Crippen LogP contribution in [0.3, 0.4) is 0 Å². The van der Waals surface area contributed by atoms with Gasteiger partial charge in [0, 0.05) is 23.2 Å². The summed E-state index contributed by atoms with van der Waals surface area (Å²) in [5, 5.41) is 10.5. The maximum atomic E-state index is 10.5. The molecular weight excluding hydrogens is 264 g/mol. The van der Waals surface area contributed by atoms with Gasteiger partial charge >= 0.3 is 0 Å². The lowest BCUT2D eigenvalue weighted by Crippen LogP contribution is -2.13. The number of halogens is 1. The van der Waals surface area contributed by atoms with Gasteiger partial charge in [-0.2, -0.15) is 5.48 Å². The summed E-state index contributed by atoms with van der Waals surface area (Å²) in [7, 11) is 0. The van der Waals surface area contributed by atoms with Crippen LogP contribution in [-0.2, 0) is 11.4 Å². The summed E-state index contributed by atoms with van der Waals surface area (Å²) < 4.78 is 0.698. The van der Waals surface area contributed by atoms with E-state index in [9.17, 15) is 10.1 Å². The average Bonchev–Trinajstić information content (AvgIpc) is 2.20. The number of rotatable bonds is 5. The minimum atomic E-state index is -0.426. The Bertz CT molecular complexity index is 357. The van der Waals surface area contributed by atoms with Crippen molar-refractivity contribution < 1.29 is 9.76 Å². The maximum absolute atomic E-state index is 10.5. The lowest BCUT2D eigenvalue weighted by Gasteiger charge is -2.05. The number of hydroxylamine groups is 1. The molecule has 0 radical (unpaired) electrons. The molecule has 0 amide bonds. The molecule has 0 atom stereocenters. The topological polar surface area (TPSA) is 64.4 Å². The smallest absolute Gasteiger partial charge is 0.270 e. The van der Waals surface area contributed by atoms with Gasteiger partial charge in [0.1, 0.15) is 0 Å². The molecule has 0 aromatic heterocycles. The van der Waals surface area contributed by atoms with E-state index in [2.05, 4.69) is 21.4 Å². The number of nitrogens with zero attached hydrogens (tertiary/aromatic N) is 1. The highest BCUT2D eigenvalue weighted by Crippen LogP contribution is 2.22. The van der Waals surface area contributed by atoms with Crippen molar-refractivity contribution in [3.63, 3.8) is 0 Å². The summed E-state index contributed by atoms with van der Waals surface area (Å²) in [6.07, 6.45) is 0. The van der Waals surface area contributed by atoms with Crippen LogP contribution in [0.5, 0.6) is 0 Å². The molecule has 0 saturated heterocycles. The van der Waals surface area contributed by atoms with Crippen molar-refractivity contribution in [1.82, 2.24) is 5.48 Å². The SMILES string of the molecule is CCONCc1ccc([N+](=O)[O-])cc1Br. The third-order valence-electron chi connectivity index (χ3n) is 1.76. The van der Waals surface area contributed by atoms with Gasteiger partial charge in [0.25, 0.3) is 5.69 Å². The molecule has 1 aromatic rings. The molecule has 0 spiro atoms. The second kappa shape index (κ2) is 5.79. The highest BCUT2D eigenvalue weighted by Gasteiger charge is 2.08. The summed E-state index contributed by atoms with van der Waals surface area (Å²) in [4.78, 5) is 15.0. The lowest BCUT2D eigenvalue weighted by molar-refractivity contribution is -0.384. The van der Waals surface area contributed by atoms with Crippen molar-refractivity contribution in [3.05, 3.63) is 38.3 Å². The molecule has 0 aliphatic rings. The van der Waals surface area contributed by atoms with Gasteiger partial charge in [0.05, 0.1) is 11.5 Å². The molecule has 1 rings (SSSR count). The molecular formula is C9H11BrN2O3. The molecule has 1 aromatic carbocycles. The van der Waals surface area contributed by atoms with Gasteiger partial charge in [0.2, 0.25) is 0 Å². The van der Waals surface area contributed by atoms with Gasteiger partial charge in [0.15, 0.2) is 0 Å². The van der Waals surface area contributed by atoms with Gasteiger partial charge in [-0.1, -0.05) is 15.9 Å².